The van der Waals surface area contributed by atoms with Gasteiger partial charge in [0.05, 0.1) is 28.0 Å². The van der Waals surface area contributed by atoms with Crippen molar-refractivity contribution in [3.63, 3.8) is 0 Å². The predicted octanol–water partition coefficient (Wildman–Crippen LogP) is 3.04. The minimum absolute atomic E-state index is 0.0327. The van der Waals surface area contributed by atoms with Gasteiger partial charge < -0.3 is 30.8 Å². The van der Waals surface area contributed by atoms with Crippen LogP contribution in [0.25, 0.3) is 10.9 Å². The zero-order chi connectivity index (χ0) is 25.4. The number of hydrogen-bond donors (Lipinski definition) is 4. The van der Waals surface area contributed by atoms with Gasteiger partial charge in [-0.05, 0) is 50.9 Å². The Morgan fingerprint density at radius 1 is 1.31 bits per heavy atom. The molecule has 1 aromatic carbocycles. The molecule has 2 aromatic rings. The number of nitrogens with zero attached hydrogens (tertiary/aromatic N) is 1. The Labute approximate surface area is 206 Å². The van der Waals surface area contributed by atoms with E-state index in [4.69, 9.17) is 10.5 Å². The lowest BCUT2D eigenvalue weighted by Gasteiger charge is -2.57. The molecule has 10 heteroatoms. The quantitative estimate of drug-likeness (QED) is 0.263. The summed E-state index contributed by atoms with van der Waals surface area (Å²) in [6.45, 7) is 2.78. The highest BCUT2D eigenvalue weighted by Gasteiger charge is 2.56. The number of carboxylic acids is 1. The molecule has 190 valence electrons. The molecule has 2 unspecified atom stereocenters. The van der Waals surface area contributed by atoms with E-state index < -0.39 is 28.5 Å². The Bertz CT molecular complexity index is 1400. The third-order valence-corrected chi connectivity index (χ3v) is 8.51. The highest BCUT2D eigenvalue weighted by molar-refractivity contribution is 6.03. The average molecular weight is 497 g/mol. The molecule has 3 fully saturated rings. The second kappa shape index (κ2) is 7.97. The number of nitrogens with one attached hydrogen (secondary N) is 2. The monoisotopic (exact) mass is 496 g/mol. The molecule has 5 aliphatic carbocycles. The number of carboxylic acid groups (broad SMARTS) is 1. The number of amides is 1. The molecule has 0 spiro atoms. The van der Waals surface area contributed by atoms with Gasteiger partial charge in [0, 0.05) is 19.3 Å². The number of ether oxygens (including phenoxy) is 1. The minimum atomic E-state index is -1.40. The Balaban J connectivity index is 1.19. The van der Waals surface area contributed by atoms with E-state index in [9.17, 15) is 19.5 Å². The van der Waals surface area contributed by atoms with Crippen LogP contribution in [0.4, 0.5) is 15.8 Å². The van der Waals surface area contributed by atoms with Crippen molar-refractivity contribution in [1.29, 1.82) is 0 Å². The summed E-state index contributed by atoms with van der Waals surface area (Å²) in [6.07, 6.45) is 8.03. The molecule has 1 aliphatic heterocycles. The number of aromatic carboxylic acids is 1. The molecule has 5 N–H and O–H groups in total. The number of pyridine rings is 1. The van der Waals surface area contributed by atoms with E-state index >= 15 is 4.39 Å². The lowest BCUT2D eigenvalue weighted by Crippen LogP contribution is -2.54. The number of carbonyl (C=O) groups is 2. The van der Waals surface area contributed by atoms with Gasteiger partial charge in [-0.25, -0.2) is 9.18 Å². The number of allylic oxidation sites excluding steroid dienone is 2. The molecule has 1 aromatic heterocycles. The fourth-order valence-electron chi connectivity index (χ4n) is 6.66. The standard InChI is InChI=1S/C26H29FN4O5/c1-12-11-36-23-20(18(27)19(28)17-21(23)31(12)10-16(22(17)32)24(33)34)29-5-2-6-30-25(35)26-4-3-15-13(8-26)7-14(15)9-26/h3,10,12-14,29H,2,4-9,11,28H2,1H3,(H,30,35)(H,33,34)/t12-,13?,14?,26?/m0/s1. The lowest BCUT2D eigenvalue weighted by molar-refractivity contribution is -0.137. The second-order valence-electron chi connectivity index (χ2n) is 10.7. The van der Waals surface area contributed by atoms with Crippen LogP contribution in [-0.4, -0.2) is 41.2 Å². The SMILES string of the molecule is C[C@H]1COc2c(NCCCNC(=O)C34CC=C5C(CC5C3)C4)c(F)c(N)c3c(=O)c(C(=O)O)cn1c23. The van der Waals surface area contributed by atoms with Crippen molar-refractivity contribution in [3.05, 3.63) is 39.4 Å². The number of fused-ring (bicyclic) bond motifs is 1. The zero-order valence-electron chi connectivity index (χ0n) is 20.0. The number of halogens is 1. The average Bonchev–Trinajstić information content (AvgIpc) is 2.85. The number of nitrogens with two attached hydrogens (primary N) is 1. The van der Waals surface area contributed by atoms with Gasteiger partial charge in [-0.3, -0.25) is 9.59 Å². The smallest absolute Gasteiger partial charge is 0.341 e. The minimum Gasteiger partial charge on any atom is -0.487 e. The van der Waals surface area contributed by atoms with E-state index in [1.807, 2.05) is 6.92 Å². The zero-order valence-corrected chi connectivity index (χ0v) is 20.0. The van der Waals surface area contributed by atoms with E-state index in [1.165, 1.54) is 12.6 Å². The van der Waals surface area contributed by atoms with Crippen molar-refractivity contribution in [2.45, 2.75) is 45.1 Å². The summed E-state index contributed by atoms with van der Waals surface area (Å²) in [6, 6.07) is -0.275. The highest BCUT2D eigenvalue weighted by Crippen LogP contribution is 2.62. The van der Waals surface area contributed by atoms with Gasteiger partial charge in [0.15, 0.2) is 11.6 Å². The summed E-state index contributed by atoms with van der Waals surface area (Å²) in [5, 5.41) is 15.4. The third-order valence-electron chi connectivity index (χ3n) is 8.51. The van der Waals surface area contributed by atoms with Crippen molar-refractivity contribution in [3.8, 4) is 5.75 Å². The van der Waals surface area contributed by atoms with E-state index in [0.29, 0.717) is 31.3 Å². The van der Waals surface area contributed by atoms with Crippen LogP contribution in [-0.2, 0) is 4.79 Å². The van der Waals surface area contributed by atoms with Gasteiger partial charge in [-0.15, -0.1) is 0 Å². The normalized spacial score (nSPS) is 27.2. The summed E-state index contributed by atoms with van der Waals surface area (Å²) in [7, 11) is 0. The Hall–Kier alpha value is -3.56. The number of anilines is 2. The van der Waals surface area contributed by atoms with Crippen LogP contribution >= 0.6 is 0 Å². The van der Waals surface area contributed by atoms with E-state index in [2.05, 4.69) is 16.7 Å². The van der Waals surface area contributed by atoms with E-state index in [0.717, 1.165) is 19.3 Å². The highest BCUT2D eigenvalue weighted by atomic mass is 19.1. The Kier molecular flexibility index (Phi) is 5.07. The van der Waals surface area contributed by atoms with Gasteiger partial charge in [0.25, 0.3) is 0 Å². The second-order valence-corrected chi connectivity index (χ2v) is 10.7. The summed E-state index contributed by atoms with van der Waals surface area (Å²) >= 11 is 0. The Morgan fingerprint density at radius 3 is 2.75 bits per heavy atom. The van der Waals surface area contributed by atoms with Crippen molar-refractivity contribution in [1.82, 2.24) is 9.88 Å². The maximum absolute atomic E-state index is 15.3. The molecular weight excluding hydrogens is 467 g/mol. The van der Waals surface area contributed by atoms with Gasteiger partial charge in [0.1, 0.15) is 17.9 Å². The number of nitrogen functional groups attached to an aromatic ring is 1. The molecule has 3 saturated carbocycles. The largest absolute Gasteiger partial charge is 0.487 e. The topological polar surface area (TPSA) is 136 Å². The maximum atomic E-state index is 15.3. The van der Waals surface area contributed by atoms with Crippen molar-refractivity contribution in [2.75, 3.05) is 30.7 Å². The summed E-state index contributed by atoms with van der Waals surface area (Å²) < 4.78 is 22.7. The van der Waals surface area contributed by atoms with Gasteiger partial charge in [0.2, 0.25) is 11.3 Å². The van der Waals surface area contributed by atoms with Crippen LogP contribution in [0.3, 0.4) is 0 Å². The summed E-state index contributed by atoms with van der Waals surface area (Å²) in [5.41, 5.74) is 5.89. The fraction of sp³-hybridized carbons (Fsp3) is 0.500. The maximum Gasteiger partial charge on any atom is 0.341 e. The molecular formula is C26H29FN4O5. The Morgan fingerprint density at radius 2 is 2.06 bits per heavy atom. The first-order valence-electron chi connectivity index (χ1n) is 12.5. The number of carbonyl (C=O) groups excluding carboxylic acids is 1. The molecule has 3 atom stereocenters. The molecule has 1 amide bonds. The first-order valence-corrected chi connectivity index (χ1v) is 12.5. The fourth-order valence-corrected chi connectivity index (χ4v) is 6.66. The van der Waals surface area contributed by atoms with Crippen molar-refractivity contribution < 1.29 is 23.8 Å². The molecule has 8 rings (SSSR count). The van der Waals surface area contributed by atoms with Crippen LogP contribution in [0.15, 0.2) is 22.6 Å². The number of hydrogen-bond acceptors (Lipinski definition) is 6. The molecule has 2 heterocycles. The van der Waals surface area contributed by atoms with Crippen LogP contribution in [0.1, 0.15) is 55.4 Å². The van der Waals surface area contributed by atoms with Crippen LogP contribution in [0.2, 0.25) is 0 Å². The summed E-state index contributed by atoms with van der Waals surface area (Å²) in [5.74, 6) is -0.821. The van der Waals surface area contributed by atoms with E-state index in [-0.39, 0.29) is 46.3 Å². The molecule has 0 saturated heterocycles. The molecule has 36 heavy (non-hydrogen) atoms. The number of benzene rings is 1. The van der Waals surface area contributed by atoms with Crippen LogP contribution in [0, 0.1) is 23.1 Å². The first-order chi connectivity index (χ1) is 17.2. The number of rotatable bonds is 7. The molecule has 0 radical (unpaired) electrons. The van der Waals surface area contributed by atoms with Crippen molar-refractivity contribution >= 4 is 34.2 Å². The summed E-state index contributed by atoms with van der Waals surface area (Å²) in [4.78, 5) is 37.4. The third kappa shape index (κ3) is 3.16. The number of aromatic nitrogens is 1. The lowest BCUT2D eigenvalue weighted by atomic mass is 9.47. The van der Waals surface area contributed by atoms with Gasteiger partial charge in [-0.2, -0.15) is 0 Å². The van der Waals surface area contributed by atoms with Gasteiger partial charge >= 0.3 is 5.97 Å². The van der Waals surface area contributed by atoms with E-state index in [1.54, 1.807) is 10.1 Å². The predicted molar refractivity (Wildman–Crippen MR) is 132 cm³/mol. The molecule has 6 aliphatic rings. The van der Waals surface area contributed by atoms with Crippen molar-refractivity contribution in [2.24, 2.45) is 17.3 Å². The van der Waals surface area contributed by atoms with Crippen LogP contribution < -0.4 is 26.5 Å². The van der Waals surface area contributed by atoms with Crippen LogP contribution in [0.5, 0.6) is 5.75 Å². The van der Waals surface area contributed by atoms with Gasteiger partial charge in [-0.1, -0.05) is 11.6 Å². The molecule has 9 nitrogen and oxygen atoms in total. The first kappa shape index (κ1) is 22.9. The molecule has 4 bridgehead atoms.